The first-order chi connectivity index (χ1) is 8.91. The van der Waals surface area contributed by atoms with Crippen LogP contribution in [0.4, 0.5) is 0 Å². The molecule has 0 heterocycles. The van der Waals surface area contributed by atoms with Crippen LogP contribution in [0.1, 0.15) is 22.3 Å². The Bertz CT molecular complexity index is 475. The summed E-state index contributed by atoms with van der Waals surface area (Å²) in [5.41, 5.74) is 1.21. The molecule has 19 heavy (non-hydrogen) atoms. The van der Waals surface area contributed by atoms with Crippen molar-refractivity contribution in [2.24, 2.45) is 0 Å². The summed E-state index contributed by atoms with van der Waals surface area (Å²) in [5, 5.41) is 12.0. The van der Waals surface area contributed by atoms with Gasteiger partial charge in [-0.3, -0.25) is 4.79 Å². The summed E-state index contributed by atoms with van der Waals surface area (Å²) in [6.45, 7) is 1.17. The maximum atomic E-state index is 11.4. The number of carboxylic acid groups (broad SMARTS) is 1. The molecule has 0 unspecified atom stereocenters. The Hall–Kier alpha value is -1.40. The molecule has 5 nitrogen and oxygen atoms in total. The van der Waals surface area contributed by atoms with Gasteiger partial charge in [0, 0.05) is 38.1 Å². The summed E-state index contributed by atoms with van der Waals surface area (Å²) < 4.78 is 0.749. The zero-order chi connectivity index (χ0) is 14.4. The van der Waals surface area contributed by atoms with Crippen LogP contribution in [0.2, 0.25) is 0 Å². The molecule has 1 aromatic carbocycles. The highest BCUT2D eigenvalue weighted by Gasteiger charge is 2.07. The van der Waals surface area contributed by atoms with Crippen molar-refractivity contribution in [1.82, 2.24) is 10.2 Å². The molecule has 0 saturated heterocycles. The Kier molecular flexibility index (Phi) is 5.98. The van der Waals surface area contributed by atoms with Crippen molar-refractivity contribution in [2.75, 3.05) is 20.6 Å². The fourth-order valence-corrected chi connectivity index (χ4v) is 1.98. The second-order valence-corrected chi connectivity index (χ2v) is 5.18. The summed E-state index contributed by atoms with van der Waals surface area (Å²) in [6, 6.07) is 4.90. The molecule has 0 aromatic heterocycles. The number of hydrogen-bond acceptors (Lipinski definition) is 3. The third-order valence-electron chi connectivity index (χ3n) is 2.63. The number of carbonyl (C=O) groups excluding carboxylic acids is 1. The van der Waals surface area contributed by atoms with E-state index in [4.69, 9.17) is 5.11 Å². The number of nitrogens with one attached hydrogen (secondary N) is 1. The lowest BCUT2D eigenvalue weighted by atomic mass is 10.1. The Morgan fingerprint density at radius 3 is 2.58 bits per heavy atom. The number of hydrogen-bond donors (Lipinski definition) is 2. The Morgan fingerprint density at radius 1 is 1.37 bits per heavy atom. The number of rotatable bonds is 6. The van der Waals surface area contributed by atoms with Crippen molar-refractivity contribution in [2.45, 2.75) is 13.0 Å². The minimum Gasteiger partial charge on any atom is -0.478 e. The first kappa shape index (κ1) is 15.7. The molecule has 0 bridgehead atoms. The molecule has 0 spiro atoms. The van der Waals surface area contributed by atoms with Crippen molar-refractivity contribution in [1.29, 1.82) is 0 Å². The molecule has 1 rings (SSSR count). The van der Waals surface area contributed by atoms with E-state index in [9.17, 15) is 9.59 Å². The largest absolute Gasteiger partial charge is 0.478 e. The third kappa shape index (κ3) is 5.00. The van der Waals surface area contributed by atoms with E-state index in [1.807, 2.05) is 0 Å². The lowest BCUT2D eigenvalue weighted by Gasteiger charge is -2.11. The van der Waals surface area contributed by atoms with Crippen molar-refractivity contribution in [3.05, 3.63) is 33.8 Å². The summed E-state index contributed by atoms with van der Waals surface area (Å²) in [6.07, 6.45) is 0.442. The van der Waals surface area contributed by atoms with E-state index < -0.39 is 5.97 Å². The van der Waals surface area contributed by atoms with Gasteiger partial charge in [0.05, 0.1) is 5.56 Å². The van der Waals surface area contributed by atoms with Gasteiger partial charge in [-0.05, 0) is 17.7 Å². The molecule has 0 fully saturated rings. The van der Waals surface area contributed by atoms with Gasteiger partial charge in [0.1, 0.15) is 0 Å². The van der Waals surface area contributed by atoms with Gasteiger partial charge in [0.25, 0.3) is 0 Å². The Labute approximate surface area is 120 Å². The average Bonchev–Trinajstić information content (AvgIpc) is 2.35. The minimum absolute atomic E-state index is 0.0767. The van der Waals surface area contributed by atoms with Crippen LogP contribution in [0.5, 0.6) is 0 Å². The van der Waals surface area contributed by atoms with Crippen LogP contribution in [0.3, 0.4) is 0 Å². The molecule has 0 aliphatic carbocycles. The number of nitrogens with zero attached hydrogens (tertiary/aromatic N) is 1. The highest BCUT2D eigenvalue weighted by atomic mass is 79.9. The molecular formula is C13H17BrN2O3. The van der Waals surface area contributed by atoms with Gasteiger partial charge in [0.2, 0.25) is 5.91 Å². The van der Waals surface area contributed by atoms with E-state index >= 15 is 0 Å². The predicted octanol–water partition coefficient (Wildman–Crippen LogP) is 1.72. The van der Waals surface area contributed by atoms with E-state index in [1.54, 1.807) is 37.2 Å². The number of amides is 1. The Morgan fingerprint density at radius 2 is 2.05 bits per heavy atom. The fourth-order valence-electron chi connectivity index (χ4n) is 1.47. The molecule has 104 valence electrons. The topological polar surface area (TPSA) is 69.6 Å². The number of carboxylic acids is 1. The van der Waals surface area contributed by atoms with Gasteiger partial charge in [-0.2, -0.15) is 0 Å². The maximum absolute atomic E-state index is 11.4. The van der Waals surface area contributed by atoms with Crippen LogP contribution < -0.4 is 5.32 Å². The van der Waals surface area contributed by atoms with Gasteiger partial charge in [-0.25, -0.2) is 4.79 Å². The summed E-state index contributed by atoms with van der Waals surface area (Å²) in [5.74, 6) is -0.871. The summed E-state index contributed by atoms with van der Waals surface area (Å²) in [7, 11) is 3.45. The predicted molar refractivity (Wildman–Crippen MR) is 76.1 cm³/mol. The first-order valence-electron chi connectivity index (χ1n) is 5.84. The normalized spacial score (nSPS) is 10.3. The van der Waals surface area contributed by atoms with E-state index in [0.29, 0.717) is 19.5 Å². The fraction of sp³-hybridized carbons (Fsp3) is 0.385. The molecule has 1 amide bonds. The lowest BCUT2D eigenvalue weighted by Crippen LogP contribution is -2.26. The van der Waals surface area contributed by atoms with Crippen LogP contribution >= 0.6 is 15.9 Å². The number of carbonyl (C=O) groups is 2. The second-order valence-electron chi connectivity index (χ2n) is 4.33. The minimum atomic E-state index is -0.947. The molecular weight excluding hydrogens is 312 g/mol. The average molecular weight is 329 g/mol. The molecule has 0 atom stereocenters. The quantitative estimate of drug-likeness (QED) is 0.780. The van der Waals surface area contributed by atoms with Gasteiger partial charge < -0.3 is 15.3 Å². The van der Waals surface area contributed by atoms with Crippen LogP contribution in [-0.4, -0.2) is 42.5 Å². The van der Waals surface area contributed by atoms with Crippen LogP contribution in [0.25, 0.3) is 0 Å². The molecule has 0 radical (unpaired) electrons. The highest BCUT2D eigenvalue weighted by Crippen LogP contribution is 2.18. The van der Waals surface area contributed by atoms with Gasteiger partial charge in [-0.15, -0.1) is 0 Å². The monoisotopic (exact) mass is 328 g/mol. The number of aromatic carboxylic acids is 1. The standard InChI is InChI=1S/C13H17BrN2O3/c1-16(2)12(17)5-6-15-8-10-4-3-9(13(18)19)7-11(10)14/h3-4,7,15H,5-6,8H2,1-2H3,(H,18,19). The zero-order valence-electron chi connectivity index (χ0n) is 10.9. The summed E-state index contributed by atoms with van der Waals surface area (Å²) in [4.78, 5) is 23.7. The van der Waals surface area contributed by atoms with E-state index in [-0.39, 0.29) is 11.5 Å². The van der Waals surface area contributed by atoms with E-state index in [2.05, 4.69) is 21.2 Å². The van der Waals surface area contributed by atoms with Crippen molar-refractivity contribution >= 4 is 27.8 Å². The van der Waals surface area contributed by atoms with Crippen LogP contribution in [0, 0.1) is 0 Å². The van der Waals surface area contributed by atoms with Crippen LogP contribution in [-0.2, 0) is 11.3 Å². The lowest BCUT2D eigenvalue weighted by molar-refractivity contribution is -0.128. The van der Waals surface area contributed by atoms with Crippen molar-refractivity contribution in [3.8, 4) is 0 Å². The summed E-state index contributed by atoms with van der Waals surface area (Å²) >= 11 is 3.34. The highest BCUT2D eigenvalue weighted by molar-refractivity contribution is 9.10. The molecule has 1 aromatic rings. The number of halogens is 1. The van der Waals surface area contributed by atoms with Crippen LogP contribution in [0.15, 0.2) is 22.7 Å². The number of benzene rings is 1. The maximum Gasteiger partial charge on any atom is 0.335 e. The van der Waals surface area contributed by atoms with Gasteiger partial charge in [-0.1, -0.05) is 22.0 Å². The van der Waals surface area contributed by atoms with Crippen molar-refractivity contribution in [3.63, 3.8) is 0 Å². The van der Waals surface area contributed by atoms with Gasteiger partial charge >= 0.3 is 5.97 Å². The molecule has 0 saturated carbocycles. The first-order valence-corrected chi connectivity index (χ1v) is 6.63. The van der Waals surface area contributed by atoms with E-state index in [0.717, 1.165) is 10.0 Å². The molecule has 0 aliphatic rings. The zero-order valence-corrected chi connectivity index (χ0v) is 12.5. The molecule has 6 heteroatoms. The second kappa shape index (κ2) is 7.25. The van der Waals surface area contributed by atoms with E-state index in [1.165, 1.54) is 0 Å². The molecule has 0 aliphatic heterocycles. The third-order valence-corrected chi connectivity index (χ3v) is 3.37. The smallest absolute Gasteiger partial charge is 0.335 e. The molecule has 2 N–H and O–H groups in total. The Balaban J connectivity index is 2.46. The SMILES string of the molecule is CN(C)C(=O)CCNCc1ccc(C(=O)O)cc1Br. The van der Waals surface area contributed by atoms with Crippen molar-refractivity contribution < 1.29 is 14.7 Å². The van der Waals surface area contributed by atoms with Gasteiger partial charge in [0.15, 0.2) is 0 Å².